The lowest BCUT2D eigenvalue weighted by Gasteiger charge is -2.35. The van der Waals surface area contributed by atoms with Crippen LogP contribution in [0.5, 0.6) is 0 Å². The Morgan fingerprint density at radius 1 is 1.00 bits per heavy atom. The van der Waals surface area contributed by atoms with Gasteiger partial charge in [0.15, 0.2) is 0 Å². The number of aliphatic carboxylic acids is 2. The molecule has 1 fully saturated rings. The minimum atomic E-state index is -1.26. The summed E-state index contributed by atoms with van der Waals surface area (Å²) in [5, 5.41) is 21.6. The zero-order valence-electron chi connectivity index (χ0n) is 18.4. The molecule has 1 saturated heterocycles. The van der Waals surface area contributed by atoms with E-state index in [0.717, 1.165) is 56.9 Å². The first kappa shape index (κ1) is 24.1. The first-order chi connectivity index (χ1) is 16.0. The molecule has 174 valence electrons. The van der Waals surface area contributed by atoms with E-state index in [2.05, 4.69) is 62.6 Å². The van der Waals surface area contributed by atoms with Gasteiger partial charge in [0.25, 0.3) is 0 Å². The first-order valence-corrected chi connectivity index (χ1v) is 10.9. The number of carbonyl (C=O) groups is 2. The molecular weight excluding hydrogens is 422 g/mol. The van der Waals surface area contributed by atoms with Gasteiger partial charge in [-0.1, -0.05) is 30.3 Å². The Hall–Kier alpha value is -3.56. The van der Waals surface area contributed by atoms with Crippen LogP contribution >= 0.6 is 0 Å². The number of fused-ring (bicyclic) bond motifs is 1. The van der Waals surface area contributed by atoms with Gasteiger partial charge in [0.2, 0.25) is 0 Å². The number of nitrogens with one attached hydrogen (secondary N) is 1. The highest BCUT2D eigenvalue weighted by atomic mass is 16.4. The third-order valence-corrected chi connectivity index (χ3v) is 5.31. The lowest BCUT2D eigenvalue weighted by atomic mass is 10.2. The van der Waals surface area contributed by atoms with Crippen molar-refractivity contribution in [1.29, 1.82) is 0 Å². The third-order valence-electron chi connectivity index (χ3n) is 5.31. The fourth-order valence-electron chi connectivity index (χ4n) is 3.64. The Labute approximate surface area is 192 Å². The van der Waals surface area contributed by atoms with E-state index in [1.54, 1.807) is 0 Å². The molecular formula is C24H29N5O4. The van der Waals surface area contributed by atoms with E-state index in [9.17, 15) is 9.59 Å². The molecule has 0 radical (unpaired) electrons. The Kier molecular flexibility index (Phi) is 9.10. The number of rotatable bonds is 7. The summed E-state index contributed by atoms with van der Waals surface area (Å²) in [4.78, 5) is 33.2. The van der Waals surface area contributed by atoms with Crippen LogP contribution in [-0.4, -0.2) is 77.5 Å². The molecule has 0 bridgehead atoms. The first-order valence-electron chi connectivity index (χ1n) is 10.9. The van der Waals surface area contributed by atoms with Crippen molar-refractivity contribution >= 4 is 23.8 Å². The topological polar surface area (TPSA) is 118 Å². The van der Waals surface area contributed by atoms with Crippen LogP contribution in [0.2, 0.25) is 0 Å². The average molecular weight is 452 g/mol. The highest BCUT2D eigenvalue weighted by molar-refractivity contribution is 5.89. The number of anilines is 1. The van der Waals surface area contributed by atoms with Crippen LogP contribution in [0.15, 0.2) is 65.8 Å². The second-order valence-electron chi connectivity index (χ2n) is 7.62. The molecule has 0 saturated carbocycles. The number of carboxylic acids is 2. The van der Waals surface area contributed by atoms with E-state index in [4.69, 9.17) is 15.2 Å². The number of hydrogen-bond acceptors (Lipinski definition) is 7. The summed E-state index contributed by atoms with van der Waals surface area (Å²) in [7, 11) is 0. The second-order valence-corrected chi connectivity index (χ2v) is 7.62. The van der Waals surface area contributed by atoms with Gasteiger partial charge < -0.3 is 15.1 Å². The summed E-state index contributed by atoms with van der Waals surface area (Å²) in [6.45, 7) is 6.33. The molecule has 2 aliphatic rings. The zero-order chi connectivity index (χ0) is 23.5. The number of hydrogen-bond donors (Lipinski definition) is 3. The van der Waals surface area contributed by atoms with Crippen LogP contribution in [0.4, 0.5) is 5.82 Å². The van der Waals surface area contributed by atoms with Crippen LogP contribution in [0.1, 0.15) is 6.42 Å². The average Bonchev–Trinajstić information content (AvgIpc) is 2.84. The van der Waals surface area contributed by atoms with Gasteiger partial charge >= 0.3 is 11.9 Å². The maximum Gasteiger partial charge on any atom is 0.328 e. The molecule has 1 atom stereocenters. The van der Waals surface area contributed by atoms with Crippen LogP contribution in [0.25, 0.3) is 6.08 Å². The molecule has 33 heavy (non-hydrogen) atoms. The van der Waals surface area contributed by atoms with Gasteiger partial charge in [0.1, 0.15) is 12.0 Å². The van der Waals surface area contributed by atoms with Crippen molar-refractivity contribution in [3.63, 3.8) is 0 Å². The predicted octanol–water partition coefficient (Wildman–Crippen LogP) is 0.335. The molecule has 2 aliphatic heterocycles. The van der Waals surface area contributed by atoms with E-state index >= 15 is 0 Å². The number of pyridine rings is 1. The Bertz CT molecular complexity index is 1050. The van der Waals surface area contributed by atoms with Crippen LogP contribution in [-0.2, 0) is 9.59 Å². The molecule has 9 heteroatoms. The summed E-state index contributed by atoms with van der Waals surface area (Å²) < 4.78 is 0. The summed E-state index contributed by atoms with van der Waals surface area (Å²) in [5.74, 6) is -1.42. The Morgan fingerprint density at radius 2 is 1.70 bits per heavy atom. The van der Waals surface area contributed by atoms with Gasteiger partial charge in [0.05, 0.1) is 5.36 Å². The molecule has 1 aromatic carbocycles. The van der Waals surface area contributed by atoms with Gasteiger partial charge in [-0.25, -0.2) is 14.6 Å². The maximum atomic E-state index is 9.55. The quantitative estimate of drug-likeness (QED) is 0.516. The zero-order valence-corrected chi connectivity index (χ0v) is 18.4. The molecule has 4 rings (SSSR count). The third kappa shape index (κ3) is 8.13. The summed E-state index contributed by atoms with van der Waals surface area (Å²) >= 11 is 0. The SMILES string of the molecule is C1=c2ccccc2=NC(NCCN2CCN(c3ccccn3)CC2)C1.O=C(O)C=CC(=O)O. The highest BCUT2D eigenvalue weighted by Gasteiger charge is 2.17. The van der Waals surface area contributed by atoms with E-state index in [1.165, 1.54) is 5.22 Å². The van der Waals surface area contributed by atoms with Crippen molar-refractivity contribution in [2.24, 2.45) is 4.99 Å². The fraction of sp³-hybridized carbons (Fsp3) is 0.333. The standard InChI is InChI=1S/C20H25N5.C4H4O4/c1-2-6-18-17(5-1)8-9-19(23-18)21-11-12-24-13-15-25(16-14-24)20-7-3-4-10-22-20;5-3(6)1-2-4(7)8/h1-8,10,19,21H,9,11-16H2;1-2H,(H,5,6)(H,7,8). The van der Waals surface area contributed by atoms with E-state index in [1.807, 2.05) is 12.3 Å². The highest BCUT2D eigenvalue weighted by Crippen LogP contribution is 2.12. The molecule has 0 aliphatic carbocycles. The van der Waals surface area contributed by atoms with Crippen molar-refractivity contribution in [2.45, 2.75) is 12.6 Å². The normalized spacial score (nSPS) is 17.8. The minimum Gasteiger partial charge on any atom is -0.478 e. The summed E-state index contributed by atoms with van der Waals surface area (Å²) in [5.41, 5.74) is 0. The van der Waals surface area contributed by atoms with E-state index in [0.29, 0.717) is 12.2 Å². The summed E-state index contributed by atoms with van der Waals surface area (Å²) in [6, 6.07) is 14.5. The lowest BCUT2D eigenvalue weighted by Crippen LogP contribution is -2.49. The number of piperazine rings is 1. The molecule has 1 aromatic heterocycles. The van der Waals surface area contributed by atoms with Gasteiger partial charge in [0, 0.05) is 64.0 Å². The smallest absolute Gasteiger partial charge is 0.328 e. The van der Waals surface area contributed by atoms with Crippen LogP contribution in [0, 0.1) is 0 Å². The monoisotopic (exact) mass is 451 g/mol. The predicted molar refractivity (Wildman–Crippen MR) is 125 cm³/mol. The molecule has 0 amide bonds. The van der Waals surface area contributed by atoms with Crippen LogP contribution < -0.4 is 20.8 Å². The fourth-order valence-corrected chi connectivity index (χ4v) is 3.64. The summed E-state index contributed by atoms with van der Waals surface area (Å²) in [6.07, 6.45) is 6.46. The van der Waals surface area contributed by atoms with Crippen molar-refractivity contribution in [3.8, 4) is 0 Å². The van der Waals surface area contributed by atoms with Crippen molar-refractivity contribution < 1.29 is 19.8 Å². The number of aromatic nitrogens is 1. The molecule has 9 nitrogen and oxygen atoms in total. The van der Waals surface area contributed by atoms with Gasteiger partial charge in [-0.3, -0.25) is 15.2 Å². The number of benzene rings is 1. The van der Waals surface area contributed by atoms with Crippen LogP contribution in [0.3, 0.4) is 0 Å². The minimum absolute atomic E-state index is 0.213. The van der Waals surface area contributed by atoms with E-state index in [-0.39, 0.29) is 6.17 Å². The molecule has 1 unspecified atom stereocenters. The number of carboxylic acid groups (broad SMARTS) is 2. The van der Waals surface area contributed by atoms with Crippen molar-refractivity contribution in [3.05, 3.63) is 71.4 Å². The molecule has 3 heterocycles. The van der Waals surface area contributed by atoms with Gasteiger partial charge in [-0.15, -0.1) is 0 Å². The lowest BCUT2D eigenvalue weighted by molar-refractivity contribution is -0.134. The van der Waals surface area contributed by atoms with E-state index < -0.39 is 11.9 Å². The largest absolute Gasteiger partial charge is 0.478 e. The molecule has 2 aromatic rings. The number of para-hydroxylation sites is 1. The number of nitrogens with zero attached hydrogens (tertiary/aromatic N) is 4. The maximum absolute atomic E-state index is 9.55. The second kappa shape index (κ2) is 12.5. The molecule has 0 spiro atoms. The van der Waals surface area contributed by atoms with Gasteiger partial charge in [-0.2, -0.15) is 0 Å². The molecule has 3 N–H and O–H groups in total. The Balaban J connectivity index is 0.000000331. The van der Waals surface area contributed by atoms with Crippen molar-refractivity contribution in [1.82, 2.24) is 15.2 Å². The Morgan fingerprint density at radius 3 is 2.36 bits per heavy atom. The van der Waals surface area contributed by atoms with Gasteiger partial charge in [-0.05, 0) is 23.4 Å². The van der Waals surface area contributed by atoms with Crippen molar-refractivity contribution in [2.75, 3.05) is 44.2 Å².